The van der Waals surface area contributed by atoms with Gasteiger partial charge in [0, 0.05) is 5.02 Å². The summed E-state index contributed by atoms with van der Waals surface area (Å²) in [4.78, 5) is 22.5. The van der Waals surface area contributed by atoms with Gasteiger partial charge in [-0.25, -0.2) is 4.79 Å². The number of esters is 1. The highest BCUT2D eigenvalue weighted by Crippen LogP contribution is 2.21. The van der Waals surface area contributed by atoms with Crippen LogP contribution in [0.25, 0.3) is 0 Å². The predicted molar refractivity (Wildman–Crippen MR) is 63.5 cm³/mol. The Morgan fingerprint density at radius 1 is 1.50 bits per heavy atom. The van der Waals surface area contributed by atoms with E-state index in [4.69, 9.17) is 11.6 Å². The van der Waals surface area contributed by atoms with E-state index in [0.29, 0.717) is 0 Å². The largest absolute Gasteiger partial charge is 0.507 e. The van der Waals surface area contributed by atoms with Crippen LogP contribution in [-0.4, -0.2) is 41.8 Å². The number of hydrogen-bond acceptors (Lipinski definition) is 5. The van der Waals surface area contributed by atoms with Crippen molar-refractivity contribution in [1.29, 1.82) is 0 Å². The van der Waals surface area contributed by atoms with Crippen LogP contribution in [0.3, 0.4) is 0 Å². The number of phenolic OH excluding ortho intramolecular Hbond substituents is 1. The maximum Gasteiger partial charge on any atom is 0.336 e. The van der Waals surface area contributed by atoms with E-state index in [1.165, 1.54) is 18.2 Å². The third-order valence-electron chi connectivity index (χ3n) is 2.13. The summed E-state index contributed by atoms with van der Waals surface area (Å²) in [6.07, 6.45) is -1.46. The summed E-state index contributed by atoms with van der Waals surface area (Å²) in [7, 11) is 1.12. The van der Waals surface area contributed by atoms with Gasteiger partial charge in [0.25, 0.3) is 5.91 Å². The summed E-state index contributed by atoms with van der Waals surface area (Å²) in [5.74, 6) is -1.76. The molecule has 1 atom stereocenters. The summed E-state index contributed by atoms with van der Waals surface area (Å²) in [6.45, 7) is -0.322. The molecule has 0 saturated carbocycles. The molecule has 0 aromatic heterocycles. The molecule has 0 aliphatic rings. The Kier molecular flexibility index (Phi) is 4.94. The fraction of sp³-hybridized carbons (Fsp3) is 0.273. The number of carbonyl (C=O) groups is 2. The highest BCUT2D eigenvalue weighted by molar-refractivity contribution is 6.31. The Hall–Kier alpha value is -1.79. The van der Waals surface area contributed by atoms with E-state index in [1.807, 2.05) is 0 Å². The van der Waals surface area contributed by atoms with E-state index in [0.717, 1.165) is 7.11 Å². The number of aliphatic hydroxyl groups excluding tert-OH is 1. The first-order valence-electron chi connectivity index (χ1n) is 4.98. The van der Waals surface area contributed by atoms with E-state index in [1.54, 1.807) is 0 Å². The van der Waals surface area contributed by atoms with Gasteiger partial charge in [0.05, 0.1) is 19.2 Å². The molecule has 1 unspecified atom stereocenters. The maximum absolute atomic E-state index is 11.6. The van der Waals surface area contributed by atoms with Crippen LogP contribution in [0.4, 0.5) is 0 Å². The molecule has 18 heavy (non-hydrogen) atoms. The van der Waals surface area contributed by atoms with Crippen molar-refractivity contribution in [2.45, 2.75) is 6.10 Å². The Morgan fingerprint density at radius 3 is 2.78 bits per heavy atom. The second-order valence-corrected chi connectivity index (χ2v) is 3.85. The van der Waals surface area contributed by atoms with Crippen LogP contribution in [0.1, 0.15) is 10.4 Å². The van der Waals surface area contributed by atoms with Gasteiger partial charge < -0.3 is 20.3 Å². The summed E-state index contributed by atoms with van der Waals surface area (Å²) >= 11 is 5.68. The molecule has 0 bridgehead atoms. The van der Waals surface area contributed by atoms with Gasteiger partial charge >= 0.3 is 5.97 Å². The van der Waals surface area contributed by atoms with Crippen molar-refractivity contribution in [1.82, 2.24) is 5.32 Å². The fourth-order valence-corrected chi connectivity index (χ4v) is 1.37. The molecule has 0 aliphatic carbocycles. The zero-order chi connectivity index (χ0) is 13.7. The van der Waals surface area contributed by atoms with E-state index in [-0.39, 0.29) is 22.9 Å². The first-order valence-corrected chi connectivity index (χ1v) is 5.36. The number of aliphatic hydroxyl groups is 1. The Labute approximate surface area is 108 Å². The van der Waals surface area contributed by atoms with Gasteiger partial charge in [-0.05, 0) is 18.2 Å². The molecular weight excluding hydrogens is 262 g/mol. The molecule has 0 fully saturated rings. The Balaban J connectivity index is 2.66. The number of amides is 1. The van der Waals surface area contributed by atoms with Gasteiger partial charge in [0.15, 0.2) is 6.10 Å². The number of methoxy groups -OCH3 is 1. The molecule has 1 aromatic carbocycles. The molecule has 98 valence electrons. The van der Waals surface area contributed by atoms with Gasteiger partial charge in [-0.15, -0.1) is 0 Å². The van der Waals surface area contributed by atoms with Crippen LogP contribution in [-0.2, 0) is 9.53 Å². The number of carbonyl (C=O) groups excluding carboxylic acids is 2. The molecule has 1 aromatic rings. The zero-order valence-electron chi connectivity index (χ0n) is 9.51. The topological polar surface area (TPSA) is 95.9 Å². The predicted octanol–water partition coefficient (Wildman–Crippen LogP) is 0.309. The Bertz CT molecular complexity index is 463. The molecule has 0 aliphatic heterocycles. The van der Waals surface area contributed by atoms with Crippen molar-refractivity contribution in [3.8, 4) is 5.75 Å². The number of nitrogens with one attached hydrogen (secondary N) is 1. The molecule has 0 heterocycles. The smallest absolute Gasteiger partial charge is 0.336 e. The van der Waals surface area contributed by atoms with Crippen molar-refractivity contribution in [3.63, 3.8) is 0 Å². The first-order chi connectivity index (χ1) is 8.45. The van der Waals surface area contributed by atoms with E-state index >= 15 is 0 Å². The number of rotatable bonds is 4. The zero-order valence-corrected chi connectivity index (χ0v) is 10.3. The van der Waals surface area contributed by atoms with Crippen molar-refractivity contribution in [3.05, 3.63) is 28.8 Å². The monoisotopic (exact) mass is 273 g/mol. The van der Waals surface area contributed by atoms with Crippen molar-refractivity contribution in [2.24, 2.45) is 0 Å². The van der Waals surface area contributed by atoms with E-state index in [2.05, 4.69) is 10.1 Å². The van der Waals surface area contributed by atoms with Crippen molar-refractivity contribution < 1.29 is 24.5 Å². The van der Waals surface area contributed by atoms with Gasteiger partial charge in [-0.2, -0.15) is 0 Å². The molecule has 6 nitrogen and oxygen atoms in total. The highest BCUT2D eigenvalue weighted by atomic mass is 35.5. The quantitative estimate of drug-likeness (QED) is 0.686. The lowest BCUT2D eigenvalue weighted by molar-refractivity contribution is -0.149. The minimum Gasteiger partial charge on any atom is -0.507 e. The average molecular weight is 274 g/mol. The molecule has 0 saturated heterocycles. The number of benzene rings is 1. The summed E-state index contributed by atoms with van der Waals surface area (Å²) in [5.41, 5.74) is -0.0421. The second-order valence-electron chi connectivity index (χ2n) is 3.41. The summed E-state index contributed by atoms with van der Waals surface area (Å²) in [6, 6.07) is 3.97. The second kappa shape index (κ2) is 6.23. The lowest BCUT2D eigenvalue weighted by Crippen LogP contribution is -2.37. The first kappa shape index (κ1) is 14.3. The highest BCUT2D eigenvalue weighted by Gasteiger charge is 2.18. The number of ether oxygens (including phenoxy) is 1. The van der Waals surface area contributed by atoms with Crippen LogP contribution in [0.5, 0.6) is 5.75 Å². The summed E-state index contributed by atoms with van der Waals surface area (Å²) < 4.78 is 4.28. The van der Waals surface area contributed by atoms with E-state index < -0.39 is 18.0 Å². The normalized spacial score (nSPS) is 11.7. The van der Waals surface area contributed by atoms with Gasteiger partial charge in [-0.3, -0.25) is 4.79 Å². The number of phenols is 1. The van der Waals surface area contributed by atoms with Crippen LogP contribution in [0.2, 0.25) is 5.02 Å². The molecule has 0 radical (unpaired) electrons. The standard InChI is InChI=1S/C11H12ClNO5/c1-18-11(17)9(15)5-13-10(16)7-4-6(12)2-3-8(7)14/h2-4,9,14-15H,5H2,1H3,(H,13,16). The molecule has 1 rings (SSSR count). The molecular formula is C11H12ClNO5. The van der Waals surface area contributed by atoms with Crippen LogP contribution in [0.15, 0.2) is 18.2 Å². The molecule has 0 spiro atoms. The summed E-state index contributed by atoms with van der Waals surface area (Å²) in [5, 5.41) is 21.3. The number of halogens is 1. The van der Waals surface area contributed by atoms with Crippen LogP contribution in [0, 0.1) is 0 Å². The molecule has 7 heteroatoms. The lowest BCUT2D eigenvalue weighted by atomic mass is 10.2. The Morgan fingerprint density at radius 2 is 2.17 bits per heavy atom. The fourth-order valence-electron chi connectivity index (χ4n) is 1.19. The third kappa shape index (κ3) is 3.61. The van der Waals surface area contributed by atoms with Gasteiger partial charge in [-0.1, -0.05) is 11.6 Å². The minimum atomic E-state index is -1.46. The third-order valence-corrected chi connectivity index (χ3v) is 2.37. The van der Waals surface area contributed by atoms with Gasteiger partial charge in [0.1, 0.15) is 5.75 Å². The molecule has 1 amide bonds. The maximum atomic E-state index is 11.6. The number of aromatic hydroxyl groups is 1. The SMILES string of the molecule is COC(=O)C(O)CNC(=O)c1cc(Cl)ccc1O. The van der Waals surface area contributed by atoms with E-state index in [9.17, 15) is 19.8 Å². The number of hydrogen-bond donors (Lipinski definition) is 3. The van der Waals surface area contributed by atoms with Crippen molar-refractivity contribution >= 4 is 23.5 Å². The van der Waals surface area contributed by atoms with Crippen molar-refractivity contribution in [2.75, 3.05) is 13.7 Å². The van der Waals surface area contributed by atoms with Crippen LogP contribution < -0.4 is 5.32 Å². The minimum absolute atomic E-state index is 0.0421. The lowest BCUT2D eigenvalue weighted by Gasteiger charge is -2.10. The van der Waals surface area contributed by atoms with Crippen LogP contribution >= 0.6 is 11.6 Å². The van der Waals surface area contributed by atoms with Gasteiger partial charge in [0.2, 0.25) is 0 Å². The average Bonchev–Trinajstić information content (AvgIpc) is 2.37. The molecule has 3 N–H and O–H groups in total.